The van der Waals surface area contributed by atoms with Gasteiger partial charge in [0.05, 0.1) is 12.2 Å². The summed E-state index contributed by atoms with van der Waals surface area (Å²) in [6.07, 6.45) is 0.768. The topological polar surface area (TPSA) is 66.8 Å². The average molecular weight is 277 g/mol. The van der Waals surface area contributed by atoms with Crippen LogP contribution in [-0.4, -0.2) is 35.5 Å². The van der Waals surface area contributed by atoms with Crippen molar-refractivity contribution in [2.24, 2.45) is 0 Å². The summed E-state index contributed by atoms with van der Waals surface area (Å²) in [6.45, 7) is 5.65. The van der Waals surface area contributed by atoms with Crippen molar-refractivity contribution in [3.8, 4) is 5.75 Å². The van der Waals surface area contributed by atoms with E-state index in [2.05, 4.69) is 0 Å². The van der Waals surface area contributed by atoms with Gasteiger partial charge in [0.15, 0.2) is 5.78 Å². The van der Waals surface area contributed by atoms with E-state index in [0.29, 0.717) is 23.5 Å². The van der Waals surface area contributed by atoms with Gasteiger partial charge in [-0.2, -0.15) is 0 Å². The first-order valence-electron chi connectivity index (χ1n) is 6.75. The number of ether oxygens (including phenoxy) is 1. The first-order valence-corrected chi connectivity index (χ1v) is 6.75. The molecule has 0 spiro atoms. The molecule has 0 saturated carbocycles. The molecular formula is C15H19NO4. The molecule has 2 atom stereocenters. The summed E-state index contributed by atoms with van der Waals surface area (Å²) in [6, 6.07) is 4.51. The number of carboxylic acids is 1. The molecule has 0 aromatic heterocycles. The summed E-state index contributed by atoms with van der Waals surface area (Å²) in [5.74, 6) is -0.296. The van der Waals surface area contributed by atoms with Crippen LogP contribution in [0.15, 0.2) is 18.2 Å². The Labute approximate surface area is 118 Å². The zero-order valence-corrected chi connectivity index (χ0v) is 11.9. The van der Waals surface area contributed by atoms with Crippen LogP contribution < -0.4 is 9.64 Å². The second kappa shape index (κ2) is 5.53. The van der Waals surface area contributed by atoms with E-state index in [9.17, 15) is 14.7 Å². The molecule has 0 fully saturated rings. The molecule has 2 unspecified atom stereocenters. The summed E-state index contributed by atoms with van der Waals surface area (Å²) in [7, 11) is 0. The molecule has 0 amide bonds. The third kappa shape index (κ3) is 2.61. The van der Waals surface area contributed by atoms with E-state index in [1.165, 1.54) is 6.92 Å². The third-order valence-electron chi connectivity index (χ3n) is 3.65. The SMILES string of the molecule is CCC1CN(C(C)C(=O)O)c2cc(C(C)=O)ccc2O1. The van der Waals surface area contributed by atoms with Gasteiger partial charge in [-0.25, -0.2) is 4.79 Å². The van der Waals surface area contributed by atoms with E-state index < -0.39 is 12.0 Å². The predicted octanol–water partition coefficient (Wildman–Crippen LogP) is 2.34. The lowest BCUT2D eigenvalue weighted by molar-refractivity contribution is -0.138. The number of Topliss-reactive ketones (excluding diaryl/α,β-unsaturated/α-hetero) is 1. The number of carbonyl (C=O) groups excluding carboxylic acids is 1. The summed E-state index contributed by atoms with van der Waals surface area (Å²) in [4.78, 5) is 24.6. The van der Waals surface area contributed by atoms with Gasteiger partial charge >= 0.3 is 5.97 Å². The largest absolute Gasteiger partial charge is 0.486 e. The number of carboxylic acid groups (broad SMARTS) is 1. The summed E-state index contributed by atoms with van der Waals surface area (Å²) < 4.78 is 5.83. The molecule has 0 bridgehead atoms. The van der Waals surface area contributed by atoms with E-state index in [0.717, 1.165) is 6.42 Å². The van der Waals surface area contributed by atoms with E-state index in [-0.39, 0.29) is 11.9 Å². The van der Waals surface area contributed by atoms with Crippen molar-refractivity contribution in [3.05, 3.63) is 23.8 Å². The number of nitrogens with zero attached hydrogens (tertiary/aromatic N) is 1. The number of ketones is 1. The van der Waals surface area contributed by atoms with Crippen molar-refractivity contribution in [1.29, 1.82) is 0 Å². The molecule has 1 aromatic rings. The van der Waals surface area contributed by atoms with Crippen LogP contribution in [-0.2, 0) is 4.79 Å². The highest BCUT2D eigenvalue weighted by molar-refractivity contribution is 5.96. The van der Waals surface area contributed by atoms with Crippen LogP contribution in [0.2, 0.25) is 0 Å². The van der Waals surface area contributed by atoms with E-state index in [1.807, 2.05) is 6.92 Å². The maximum Gasteiger partial charge on any atom is 0.326 e. The molecule has 20 heavy (non-hydrogen) atoms. The lowest BCUT2D eigenvalue weighted by Crippen LogP contribution is -2.47. The Balaban J connectivity index is 2.46. The van der Waals surface area contributed by atoms with Crippen LogP contribution in [0.4, 0.5) is 5.69 Å². The summed E-state index contributed by atoms with van der Waals surface area (Å²) in [5, 5.41) is 9.25. The summed E-state index contributed by atoms with van der Waals surface area (Å²) in [5.41, 5.74) is 1.24. The van der Waals surface area contributed by atoms with Gasteiger partial charge in [0.2, 0.25) is 0 Å². The summed E-state index contributed by atoms with van der Waals surface area (Å²) >= 11 is 0. The van der Waals surface area contributed by atoms with Crippen LogP contribution in [0.5, 0.6) is 5.75 Å². The fourth-order valence-electron chi connectivity index (χ4n) is 2.31. The van der Waals surface area contributed by atoms with Crippen LogP contribution in [0.1, 0.15) is 37.6 Å². The van der Waals surface area contributed by atoms with Crippen LogP contribution in [0.25, 0.3) is 0 Å². The van der Waals surface area contributed by atoms with E-state index >= 15 is 0 Å². The van der Waals surface area contributed by atoms with E-state index in [1.54, 1.807) is 30.0 Å². The standard InChI is InChI=1S/C15H19NO4/c1-4-12-8-16(9(2)15(18)19)13-7-11(10(3)17)5-6-14(13)20-12/h5-7,9,12H,4,8H2,1-3H3,(H,18,19). The smallest absolute Gasteiger partial charge is 0.326 e. The monoisotopic (exact) mass is 277 g/mol. The zero-order valence-electron chi connectivity index (χ0n) is 11.9. The maximum absolute atomic E-state index is 11.5. The minimum Gasteiger partial charge on any atom is -0.486 e. The normalized spacial score (nSPS) is 18.9. The number of carbonyl (C=O) groups is 2. The zero-order chi connectivity index (χ0) is 14.9. The Bertz CT molecular complexity index is 541. The van der Waals surface area contributed by atoms with Crippen molar-refractivity contribution in [2.75, 3.05) is 11.4 Å². The molecule has 1 aliphatic rings. The number of fused-ring (bicyclic) bond motifs is 1. The number of benzene rings is 1. The molecule has 0 saturated heterocycles. The Morgan fingerprint density at radius 2 is 2.20 bits per heavy atom. The Kier molecular flexibility index (Phi) is 3.97. The fraction of sp³-hybridized carbons (Fsp3) is 0.467. The fourth-order valence-corrected chi connectivity index (χ4v) is 2.31. The van der Waals surface area contributed by atoms with Gasteiger partial charge in [-0.1, -0.05) is 6.92 Å². The van der Waals surface area contributed by atoms with E-state index in [4.69, 9.17) is 4.74 Å². The second-order valence-electron chi connectivity index (χ2n) is 5.05. The van der Waals surface area contributed by atoms with Crippen molar-refractivity contribution in [3.63, 3.8) is 0 Å². The molecule has 0 radical (unpaired) electrons. The Morgan fingerprint density at radius 3 is 2.75 bits per heavy atom. The molecule has 5 heteroatoms. The average Bonchev–Trinajstić information content (AvgIpc) is 2.44. The van der Waals surface area contributed by atoms with Crippen LogP contribution in [0, 0.1) is 0 Å². The Hall–Kier alpha value is -2.04. The molecule has 1 heterocycles. The van der Waals surface area contributed by atoms with Gasteiger partial charge in [0.25, 0.3) is 0 Å². The van der Waals surface area contributed by atoms with Gasteiger partial charge in [0, 0.05) is 5.56 Å². The van der Waals surface area contributed by atoms with Crippen molar-refractivity contribution in [1.82, 2.24) is 0 Å². The first-order chi connectivity index (χ1) is 9.43. The van der Waals surface area contributed by atoms with Crippen molar-refractivity contribution < 1.29 is 19.4 Å². The number of rotatable bonds is 4. The van der Waals surface area contributed by atoms with Crippen LogP contribution >= 0.6 is 0 Å². The molecule has 1 N–H and O–H groups in total. The maximum atomic E-state index is 11.5. The van der Waals surface area contributed by atoms with Gasteiger partial charge in [-0.05, 0) is 38.5 Å². The second-order valence-corrected chi connectivity index (χ2v) is 5.05. The molecule has 2 rings (SSSR count). The van der Waals surface area contributed by atoms with Crippen molar-refractivity contribution in [2.45, 2.75) is 39.3 Å². The van der Waals surface area contributed by atoms with Crippen LogP contribution in [0.3, 0.4) is 0 Å². The number of hydrogen-bond donors (Lipinski definition) is 1. The minimum atomic E-state index is -0.888. The van der Waals surface area contributed by atoms with Gasteiger partial charge in [-0.15, -0.1) is 0 Å². The molecule has 1 aromatic carbocycles. The molecule has 1 aliphatic heterocycles. The highest BCUT2D eigenvalue weighted by Crippen LogP contribution is 2.36. The first kappa shape index (κ1) is 14.4. The minimum absolute atomic E-state index is 0.0347. The number of aliphatic carboxylic acids is 1. The third-order valence-corrected chi connectivity index (χ3v) is 3.65. The lowest BCUT2D eigenvalue weighted by atomic mass is 10.1. The van der Waals surface area contributed by atoms with Gasteiger partial charge < -0.3 is 14.7 Å². The lowest BCUT2D eigenvalue weighted by Gasteiger charge is -2.38. The highest BCUT2D eigenvalue weighted by Gasteiger charge is 2.31. The van der Waals surface area contributed by atoms with Gasteiger partial charge in [0.1, 0.15) is 17.9 Å². The van der Waals surface area contributed by atoms with Crippen molar-refractivity contribution >= 4 is 17.4 Å². The highest BCUT2D eigenvalue weighted by atomic mass is 16.5. The van der Waals surface area contributed by atoms with Gasteiger partial charge in [-0.3, -0.25) is 4.79 Å². The quantitative estimate of drug-likeness (QED) is 0.856. The number of anilines is 1. The molecule has 108 valence electrons. The molecule has 0 aliphatic carbocycles. The number of hydrogen-bond acceptors (Lipinski definition) is 4. The Morgan fingerprint density at radius 1 is 1.50 bits per heavy atom. The molecular weight excluding hydrogens is 258 g/mol. The molecule has 5 nitrogen and oxygen atoms in total. The predicted molar refractivity (Wildman–Crippen MR) is 75.6 cm³/mol.